The van der Waals surface area contributed by atoms with E-state index in [0.717, 1.165) is 6.42 Å². The van der Waals surface area contributed by atoms with Crippen LogP contribution in [0.1, 0.15) is 32.6 Å². The average Bonchev–Trinajstić information content (AvgIpc) is 2.66. The average molecular weight is 382 g/mol. The lowest BCUT2D eigenvalue weighted by Gasteiger charge is -2.31. The lowest BCUT2D eigenvalue weighted by molar-refractivity contribution is -0.120. The minimum absolute atomic E-state index is 0.153. The van der Waals surface area contributed by atoms with Gasteiger partial charge in [0.15, 0.2) is 11.5 Å². The molecule has 26 heavy (non-hydrogen) atoms. The van der Waals surface area contributed by atoms with Gasteiger partial charge in [-0.25, -0.2) is 12.7 Å². The molecule has 0 bridgehead atoms. The highest BCUT2D eigenvalue weighted by Crippen LogP contribution is 2.33. The molecule has 1 saturated heterocycles. The van der Waals surface area contributed by atoms with Crippen LogP contribution in [-0.2, 0) is 14.8 Å². The first-order chi connectivity index (χ1) is 12.5. The highest BCUT2D eigenvalue weighted by molar-refractivity contribution is 7.89. The van der Waals surface area contributed by atoms with Gasteiger partial charge in [-0.15, -0.1) is 0 Å². The molecular formula is C18H26N2O5S. The number of hydrogen-bond donors (Lipinski definition) is 1. The zero-order valence-electron chi connectivity index (χ0n) is 15.1. The Labute approximate surface area is 154 Å². The highest BCUT2D eigenvalue weighted by Gasteiger charge is 2.32. The monoisotopic (exact) mass is 382 g/mol. The van der Waals surface area contributed by atoms with Crippen LogP contribution in [0.15, 0.2) is 18.2 Å². The van der Waals surface area contributed by atoms with Crippen molar-refractivity contribution in [3.8, 4) is 11.5 Å². The number of piperidine rings is 1. The summed E-state index contributed by atoms with van der Waals surface area (Å²) in [5.74, 6) is 0.937. The van der Waals surface area contributed by atoms with E-state index in [-0.39, 0.29) is 24.1 Å². The second-order valence-corrected chi connectivity index (χ2v) is 8.80. The quantitative estimate of drug-likeness (QED) is 0.816. The number of nitrogens with one attached hydrogen (secondary N) is 1. The molecule has 1 unspecified atom stereocenters. The molecule has 0 saturated carbocycles. The van der Waals surface area contributed by atoms with Crippen LogP contribution in [0.2, 0.25) is 0 Å². The molecule has 8 heteroatoms. The summed E-state index contributed by atoms with van der Waals surface area (Å²) in [4.78, 5) is 12.6. The minimum Gasteiger partial charge on any atom is -0.486 e. The van der Waals surface area contributed by atoms with Gasteiger partial charge in [0.05, 0.1) is 11.7 Å². The van der Waals surface area contributed by atoms with Gasteiger partial charge in [-0.1, -0.05) is 13.3 Å². The SMILES string of the molecule is CCCCS(=O)(=O)N1CCCC(C(=O)Nc2ccc3c(c2)OCCO3)C1. The summed E-state index contributed by atoms with van der Waals surface area (Å²) in [6.07, 6.45) is 2.87. The van der Waals surface area contributed by atoms with Crippen LogP contribution in [0.5, 0.6) is 11.5 Å². The molecule has 0 spiro atoms. The van der Waals surface area contributed by atoms with Crippen molar-refractivity contribution in [3.63, 3.8) is 0 Å². The smallest absolute Gasteiger partial charge is 0.228 e. The Morgan fingerprint density at radius 3 is 2.81 bits per heavy atom. The molecular weight excluding hydrogens is 356 g/mol. The molecule has 1 atom stereocenters. The van der Waals surface area contributed by atoms with Crippen molar-refractivity contribution in [2.45, 2.75) is 32.6 Å². The molecule has 3 rings (SSSR count). The van der Waals surface area contributed by atoms with Gasteiger partial charge in [0.1, 0.15) is 13.2 Å². The summed E-state index contributed by atoms with van der Waals surface area (Å²) in [5, 5.41) is 2.88. The fourth-order valence-corrected chi connectivity index (χ4v) is 4.96. The third-order valence-electron chi connectivity index (χ3n) is 4.71. The Hall–Kier alpha value is -1.80. The molecule has 0 aliphatic carbocycles. The lowest BCUT2D eigenvalue weighted by Crippen LogP contribution is -2.44. The number of hydrogen-bond acceptors (Lipinski definition) is 5. The standard InChI is InChI=1S/C18H26N2O5S/c1-2-3-11-26(22,23)20-8-4-5-14(13-20)18(21)19-15-6-7-16-17(12-15)25-10-9-24-16/h6-7,12,14H,2-5,8-11,13H2,1H3,(H,19,21). The van der Waals surface area contributed by atoms with E-state index in [0.29, 0.717) is 56.2 Å². The summed E-state index contributed by atoms with van der Waals surface area (Å²) in [5.41, 5.74) is 0.630. The molecule has 1 aromatic rings. The largest absolute Gasteiger partial charge is 0.486 e. The van der Waals surface area contributed by atoms with Crippen molar-refractivity contribution in [2.75, 3.05) is 37.4 Å². The predicted molar refractivity (Wildman–Crippen MR) is 99.1 cm³/mol. The number of unbranched alkanes of at least 4 members (excludes halogenated alkanes) is 1. The summed E-state index contributed by atoms with van der Waals surface area (Å²) in [7, 11) is -3.28. The van der Waals surface area contributed by atoms with Gasteiger partial charge in [0, 0.05) is 24.8 Å². The van der Waals surface area contributed by atoms with Crippen molar-refractivity contribution in [3.05, 3.63) is 18.2 Å². The molecule has 1 amide bonds. The second-order valence-electron chi connectivity index (χ2n) is 6.71. The number of amides is 1. The summed E-state index contributed by atoms with van der Waals surface area (Å²) >= 11 is 0. The number of benzene rings is 1. The number of carbonyl (C=O) groups excluding carboxylic acids is 1. The molecule has 144 valence electrons. The maximum atomic E-state index is 12.6. The van der Waals surface area contributed by atoms with Gasteiger partial charge in [-0.05, 0) is 31.4 Å². The van der Waals surface area contributed by atoms with Crippen LogP contribution in [0.3, 0.4) is 0 Å². The van der Waals surface area contributed by atoms with Gasteiger partial charge in [0.2, 0.25) is 15.9 Å². The van der Waals surface area contributed by atoms with Crippen molar-refractivity contribution < 1.29 is 22.7 Å². The lowest BCUT2D eigenvalue weighted by atomic mass is 9.98. The van der Waals surface area contributed by atoms with Gasteiger partial charge >= 0.3 is 0 Å². The number of ether oxygens (including phenoxy) is 2. The molecule has 2 aliphatic rings. The van der Waals surface area contributed by atoms with E-state index in [1.165, 1.54) is 4.31 Å². The molecule has 1 aromatic carbocycles. The van der Waals surface area contributed by atoms with E-state index in [4.69, 9.17) is 9.47 Å². The first-order valence-corrected chi connectivity index (χ1v) is 10.8. The predicted octanol–water partition coefficient (Wildman–Crippen LogP) is 2.24. The zero-order valence-corrected chi connectivity index (χ0v) is 15.9. The summed E-state index contributed by atoms with van der Waals surface area (Å²) in [6, 6.07) is 5.28. The van der Waals surface area contributed by atoms with Crippen LogP contribution in [-0.4, -0.2) is 50.7 Å². The highest BCUT2D eigenvalue weighted by atomic mass is 32.2. The summed E-state index contributed by atoms with van der Waals surface area (Å²) in [6.45, 7) is 3.72. The van der Waals surface area contributed by atoms with E-state index in [1.54, 1.807) is 18.2 Å². The van der Waals surface area contributed by atoms with E-state index in [9.17, 15) is 13.2 Å². The third-order valence-corrected chi connectivity index (χ3v) is 6.64. The number of nitrogens with zero attached hydrogens (tertiary/aromatic N) is 1. The van der Waals surface area contributed by atoms with E-state index in [1.807, 2.05) is 6.92 Å². The van der Waals surface area contributed by atoms with Gasteiger partial charge in [0.25, 0.3) is 0 Å². The van der Waals surface area contributed by atoms with E-state index in [2.05, 4.69) is 5.32 Å². The van der Waals surface area contributed by atoms with Gasteiger partial charge < -0.3 is 14.8 Å². The van der Waals surface area contributed by atoms with Crippen molar-refractivity contribution in [1.82, 2.24) is 4.31 Å². The fraction of sp³-hybridized carbons (Fsp3) is 0.611. The molecule has 1 fully saturated rings. The van der Waals surface area contributed by atoms with Crippen molar-refractivity contribution >= 4 is 21.6 Å². The van der Waals surface area contributed by atoms with Gasteiger partial charge in [-0.3, -0.25) is 4.79 Å². The second kappa shape index (κ2) is 8.26. The molecule has 0 aromatic heterocycles. The Bertz CT molecular complexity index is 750. The number of fused-ring (bicyclic) bond motifs is 1. The normalized spacial score (nSPS) is 20.6. The molecule has 2 heterocycles. The van der Waals surface area contributed by atoms with Crippen LogP contribution < -0.4 is 14.8 Å². The maximum absolute atomic E-state index is 12.6. The van der Waals surface area contributed by atoms with Gasteiger partial charge in [-0.2, -0.15) is 0 Å². The maximum Gasteiger partial charge on any atom is 0.228 e. The van der Waals surface area contributed by atoms with Crippen LogP contribution >= 0.6 is 0 Å². The molecule has 1 N–H and O–H groups in total. The van der Waals surface area contributed by atoms with Crippen molar-refractivity contribution in [1.29, 1.82) is 0 Å². The first-order valence-electron chi connectivity index (χ1n) is 9.18. The Morgan fingerprint density at radius 1 is 1.27 bits per heavy atom. The van der Waals surface area contributed by atoms with E-state index < -0.39 is 10.0 Å². The van der Waals surface area contributed by atoms with Crippen LogP contribution in [0, 0.1) is 5.92 Å². The number of sulfonamides is 1. The number of rotatable bonds is 6. The van der Waals surface area contributed by atoms with Crippen LogP contribution in [0.25, 0.3) is 0 Å². The molecule has 2 aliphatic heterocycles. The topological polar surface area (TPSA) is 84.9 Å². The minimum atomic E-state index is -3.28. The Kier molecular flexibility index (Phi) is 6.03. The number of carbonyl (C=O) groups is 1. The Morgan fingerprint density at radius 2 is 2.04 bits per heavy atom. The Balaban J connectivity index is 1.62. The third kappa shape index (κ3) is 4.48. The van der Waals surface area contributed by atoms with Crippen molar-refractivity contribution in [2.24, 2.45) is 5.92 Å². The first kappa shape index (κ1) is 19.0. The molecule has 0 radical (unpaired) electrons. The van der Waals surface area contributed by atoms with E-state index >= 15 is 0 Å². The molecule has 7 nitrogen and oxygen atoms in total. The van der Waals surface area contributed by atoms with Crippen LogP contribution in [0.4, 0.5) is 5.69 Å². The summed E-state index contributed by atoms with van der Waals surface area (Å²) < 4.78 is 37.3. The number of anilines is 1. The fourth-order valence-electron chi connectivity index (χ4n) is 3.23. The zero-order chi connectivity index (χ0) is 18.6.